The zero-order valence-electron chi connectivity index (χ0n) is 10.1. The average molecular weight is 316 g/mol. The molecule has 3 amide bonds. The molecule has 1 aromatic heterocycles. The molecular formula is C11H7F3N4O2S. The smallest absolute Gasteiger partial charge is 0.375 e. The van der Waals surface area contributed by atoms with Gasteiger partial charge in [-0.15, -0.1) is 0 Å². The highest BCUT2D eigenvalue weighted by Crippen LogP contribution is 2.42. The number of nitrogens with one attached hydrogen (secondary N) is 2. The van der Waals surface area contributed by atoms with Crippen molar-refractivity contribution in [3.8, 4) is 0 Å². The second kappa shape index (κ2) is 4.07. The molecule has 1 atom stereocenters. The van der Waals surface area contributed by atoms with Gasteiger partial charge in [0.15, 0.2) is 5.13 Å². The molecule has 1 aliphatic rings. The Morgan fingerprint density at radius 3 is 2.57 bits per heavy atom. The maximum atomic E-state index is 13.4. The number of carbonyl (C=O) groups excluding carboxylic acids is 2. The lowest BCUT2D eigenvalue weighted by atomic mass is 9.89. The number of nitrogen functional groups attached to an aromatic ring is 1. The van der Waals surface area contributed by atoms with Crippen LogP contribution in [0.5, 0.6) is 0 Å². The van der Waals surface area contributed by atoms with Crippen molar-refractivity contribution in [1.29, 1.82) is 0 Å². The lowest BCUT2D eigenvalue weighted by Gasteiger charge is -2.28. The van der Waals surface area contributed by atoms with Crippen LogP contribution in [0, 0.1) is 0 Å². The van der Waals surface area contributed by atoms with Crippen LogP contribution in [0.4, 0.5) is 23.1 Å². The molecular weight excluding hydrogens is 309 g/mol. The van der Waals surface area contributed by atoms with Crippen LogP contribution >= 0.6 is 11.3 Å². The number of halogens is 3. The van der Waals surface area contributed by atoms with E-state index >= 15 is 0 Å². The first-order valence-electron chi connectivity index (χ1n) is 5.61. The van der Waals surface area contributed by atoms with Crippen LogP contribution < -0.4 is 16.4 Å². The number of amides is 3. The second-order valence-corrected chi connectivity index (χ2v) is 5.45. The molecule has 1 aromatic carbocycles. The number of hydrogen-bond acceptors (Lipinski definition) is 5. The lowest BCUT2D eigenvalue weighted by Crippen LogP contribution is -2.55. The molecule has 2 aromatic rings. The normalized spacial score (nSPS) is 22.4. The number of aromatic nitrogens is 1. The molecule has 1 unspecified atom stereocenters. The van der Waals surface area contributed by atoms with Gasteiger partial charge in [-0.05, 0) is 17.7 Å². The minimum Gasteiger partial charge on any atom is -0.375 e. The molecule has 6 nitrogen and oxygen atoms in total. The molecule has 0 saturated carbocycles. The average Bonchev–Trinajstić information content (AvgIpc) is 2.86. The highest BCUT2D eigenvalue weighted by atomic mass is 32.1. The SMILES string of the molecule is Nc1nc2ccc(C3(C(F)(F)F)NC(=O)NC3=O)cc2s1. The Balaban J connectivity index is 2.24. The van der Waals surface area contributed by atoms with Gasteiger partial charge in [-0.3, -0.25) is 10.1 Å². The van der Waals surface area contributed by atoms with Crippen LogP contribution in [0.3, 0.4) is 0 Å². The van der Waals surface area contributed by atoms with Gasteiger partial charge in [-0.2, -0.15) is 13.2 Å². The summed E-state index contributed by atoms with van der Waals surface area (Å²) in [6, 6.07) is 2.38. The fourth-order valence-corrected chi connectivity index (χ4v) is 2.97. The van der Waals surface area contributed by atoms with Crippen molar-refractivity contribution >= 4 is 38.6 Å². The molecule has 0 aliphatic carbocycles. The monoisotopic (exact) mass is 316 g/mol. The number of fused-ring (bicyclic) bond motifs is 1. The van der Waals surface area contributed by atoms with E-state index in [1.165, 1.54) is 6.07 Å². The summed E-state index contributed by atoms with van der Waals surface area (Å²) in [5, 5.41) is 3.49. The van der Waals surface area contributed by atoms with E-state index in [1.54, 1.807) is 10.6 Å². The van der Waals surface area contributed by atoms with Crippen LogP contribution in [0.15, 0.2) is 18.2 Å². The molecule has 1 aliphatic heterocycles. The summed E-state index contributed by atoms with van der Waals surface area (Å²) in [6.45, 7) is 0. The minimum atomic E-state index is -4.99. The summed E-state index contributed by atoms with van der Waals surface area (Å²) >= 11 is 0.991. The molecule has 4 N–H and O–H groups in total. The number of anilines is 1. The second-order valence-electron chi connectivity index (χ2n) is 4.39. The largest absolute Gasteiger partial charge is 0.425 e. The Hall–Kier alpha value is -2.36. The van der Waals surface area contributed by atoms with Crippen LogP contribution in [0.25, 0.3) is 10.2 Å². The fraction of sp³-hybridized carbons (Fsp3) is 0.182. The molecule has 10 heteroatoms. The maximum Gasteiger partial charge on any atom is 0.425 e. The van der Waals surface area contributed by atoms with Gasteiger partial charge >= 0.3 is 12.2 Å². The van der Waals surface area contributed by atoms with Gasteiger partial charge in [-0.1, -0.05) is 17.4 Å². The van der Waals surface area contributed by atoms with Gasteiger partial charge in [0.2, 0.25) is 5.54 Å². The molecule has 0 spiro atoms. The Morgan fingerprint density at radius 2 is 2.00 bits per heavy atom. The topological polar surface area (TPSA) is 97.1 Å². The van der Waals surface area contributed by atoms with Gasteiger partial charge in [-0.25, -0.2) is 9.78 Å². The highest BCUT2D eigenvalue weighted by molar-refractivity contribution is 7.22. The summed E-state index contributed by atoms with van der Waals surface area (Å²) in [7, 11) is 0. The van der Waals surface area contributed by atoms with Gasteiger partial charge in [0.25, 0.3) is 5.91 Å². The zero-order chi connectivity index (χ0) is 15.4. The standard InChI is InChI=1S/C11H7F3N4O2S/c12-11(13,14)10(7(19)17-9(20)18-10)4-1-2-5-6(3-4)21-8(15)16-5/h1-3H,(H2,15,16)(H2,17,18,19,20). The van der Waals surface area contributed by atoms with Crippen LogP contribution in [0.1, 0.15) is 5.56 Å². The lowest BCUT2D eigenvalue weighted by molar-refractivity contribution is -0.195. The van der Waals surface area contributed by atoms with Gasteiger partial charge in [0.1, 0.15) is 0 Å². The Kier molecular flexibility index (Phi) is 2.64. The number of benzene rings is 1. The maximum absolute atomic E-state index is 13.4. The number of thiazole rings is 1. The third-order valence-corrected chi connectivity index (χ3v) is 3.98. The van der Waals surface area contributed by atoms with E-state index in [-0.39, 0.29) is 5.13 Å². The van der Waals surface area contributed by atoms with Crippen LogP contribution in [-0.4, -0.2) is 23.1 Å². The van der Waals surface area contributed by atoms with Crippen molar-refractivity contribution in [3.63, 3.8) is 0 Å². The first-order valence-corrected chi connectivity index (χ1v) is 6.42. The Morgan fingerprint density at radius 1 is 1.29 bits per heavy atom. The van der Waals surface area contributed by atoms with E-state index in [0.29, 0.717) is 10.2 Å². The Bertz CT molecular complexity index is 772. The summed E-state index contributed by atoms with van der Waals surface area (Å²) in [5.41, 5.74) is 2.42. The van der Waals surface area contributed by atoms with Crippen molar-refractivity contribution in [3.05, 3.63) is 23.8 Å². The van der Waals surface area contributed by atoms with Crippen molar-refractivity contribution in [1.82, 2.24) is 15.6 Å². The van der Waals surface area contributed by atoms with E-state index in [1.807, 2.05) is 0 Å². The molecule has 1 fully saturated rings. The highest BCUT2D eigenvalue weighted by Gasteiger charge is 2.66. The van der Waals surface area contributed by atoms with Crippen molar-refractivity contribution in [2.45, 2.75) is 11.7 Å². The third kappa shape index (κ3) is 1.82. The number of nitrogens with two attached hydrogens (primary N) is 1. The summed E-state index contributed by atoms with van der Waals surface area (Å²) in [6.07, 6.45) is -4.99. The predicted molar refractivity (Wildman–Crippen MR) is 68.4 cm³/mol. The first kappa shape index (κ1) is 13.6. The molecule has 0 bridgehead atoms. The summed E-state index contributed by atoms with van der Waals surface area (Å²) < 4.78 is 40.6. The van der Waals surface area contributed by atoms with E-state index in [0.717, 1.165) is 23.5 Å². The van der Waals surface area contributed by atoms with Gasteiger partial charge in [0, 0.05) is 0 Å². The number of carbonyl (C=O) groups is 2. The number of alkyl halides is 3. The molecule has 0 radical (unpaired) electrons. The van der Waals surface area contributed by atoms with Crippen molar-refractivity contribution < 1.29 is 22.8 Å². The fourth-order valence-electron chi connectivity index (χ4n) is 2.20. The van der Waals surface area contributed by atoms with Crippen molar-refractivity contribution in [2.75, 3.05) is 5.73 Å². The Labute approximate surface area is 119 Å². The van der Waals surface area contributed by atoms with E-state index in [9.17, 15) is 22.8 Å². The number of nitrogens with zero attached hydrogens (tertiary/aromatic N) is 1. The quantitative estimate of drug-likeness (QED) is 0.694. The van der Waals surface area contributed by atoms with Crippen molar-refractivity contribution in [2.24, 2.45) is 0 Å². The van der Waals surface area contributed by atoms with Crippen LogP contribution in [0.2, 0.25) is 0 Å². The van der Waals surface area contributed by atoms with Crippen LogP contribution in [-0.2, 0) is 10.3 Å². The number of rotatable bonds is 1. The van der Waals surface area contributed by atoms with Gasteiger partial charge < -0.3 is 11.1 Å². The van der Waals surface area contributed by atoms with E-state index < -0.39 is 29.2 Å². The van der Waals surface area contributed by atoms with Gasteiger partial charge in [0.05, 0.1) is 10.2 Å². The predicted octanol–water partition coefficient (Wildman–Crippen LogP) is 1.48. The number of hydrogen-bond donors (Lipinski definition) is 3. The molecule has 21 heavy (non-hydrogen) atoms. The molecule has 110 valence electrons. The zero-order valence-corrected chi connectivity index (χ0v) is 10.9. The van der Waals surface area contributed by atoms with E-state index in [4.69, 9.17) is 5.73 Å². The molecule has 2 heterocycles. The molecule has 1 saturated heterocycles. The summed E-state index contributed by atoms with van der Waals surface area (Å²) in [5.74, 6) is -1.46. The first-order chi connectivity index (χ1) is 9.74. The summed E-state index contributed by atoms with van der Waals surface area (Å²) in [4.78, 5) is 26.9. The molecule has 3 rings (SSSR count). The van der Waals surface area contributed by atoms with E-state index in [2.05, 4.69) is 4.98 Å². The minimum absolute atomic E-state index is 0.197. The number of imide groups is 1. The third-order valence-electron chi connectivity index (χ3n) is 3.13. The number of urea groups is 1.